The number of benzene rings is 1. The predicted molar refractivity (Wildman–Crippen MR) is 79.4 cm³/mol. The fourth-order valence-electron chi connectivity index (χ4n) is 1.99. The largest absolute Gasteiger partial charge is 0.481 e. The van der Waals surface area contributed by atoms with E-state index in [0.29, 0.717) is 11.6 Å². The first kappa shape index (κ1) is 14.5. The molecular formula is C15H14BrNO3. The van der Waals surface area contributed by atoms with Crippen LogP contribution in [0.3, 0.4) is 0 Å². The van der Waals surface area contributed by atoms with Crippen LogP contribution in [-0.4, -0.2) is 23.2 Å². The molecule has 0 bridgehead atoms. The predicted octanol–water partition coefficient (Wildman–Crippen LogP) is 3.70. The highest BCUT2D eigenvalue weighted by molar-refractivity contribution is 9.10. The maximum atomic E-state index is 11.3. The smallest absolute Gasteiger partial charge is 0.337 e. The molecule has 4 nitrogen and oxygen atoms in total. The normalized spacial score (nSPS) is 11.9. The van der Waals surface area contributed by atoms with E-state index in [1.807, 2.05) is 31.2 Å². The van der Waals surface area contributed by atoms with Crippen LogP contribution in [0, 0.1) is 0 Å². The fraction of sp³-hybridized carbons (Fsp3) is 0.200. The summed E-state index contributed by atoms with van der Waals surface area (Å²) in [7, 11) is 1.51. The molecule has 0 amide bonds. The molecule has 104 valence electrons. The zero-order chi connectivity index (χ0) is 14.7. The number of carbonyl (C=O) groups is 1. The molecule has 0 aliphatic carbocycles. The SMILES string of the molecule is COc1ccc(C(=O)O)c(C(C)c2ccc(Br)cc2)n1. The highest BCUT2D eigenvalue weighted by atomic mass is 79.9. The Labute approximate surface area is 125 Å². The minimum atomic E-state index is -0.987. The third kappa shape index (κ3) is 2.99. The lowest BCUT2D eigenvalue weighted by atomic mass is 9.94. The number of aromatic nitrogens is 1. The lowest BCUT2D eigenvalue weighted by molar-refractivity contribution is 0.0694. The summed E-state index contributed by atoms with van der Waals surface area (Å²) in [5, 5.41) is 9.28. The van der Waals surface area contributed by atoms with Crippen molar-refractivity contribution in [1.29, 1.82) is 0 Å². The highest BCUT2D eigenvalue weighted by Gasteiger charge is 2.19. The average Bonchev–Trinajstić information content (AvgIpc) is 2.46. The molecule has 0 saturated carbocycles. The van der Waals surface area contributed by atoms with Crippen molar-refractivity contribution in [2.45, 2.75) is 12.8 Å². The van der Waals surface area contributed by atoms with Gasteiger partial charge in [-0.2, -0.15) is 0 Å². The Hall–Kier alpha value is -1.88. The number of carboxylic acid groups (broad SMARTS) is 1. The van der Waals surface area contributed by atoms with Gasteiger partial charge in [0.1, 0.15) is 0 Å². The molecule has 1 aromatic heterocycles. The van der Waals surface area contributed by atoms with Gasteiger partial charge in [-0.1, -0.05) is 35.0 Å². The molecule has 0 fully saturated rings. The molecule has 5 heteroatoms. The molecule has 2 rings (SSSR count). The van der Waals surface area contributed by atoms with Gasteiger partial charge in [-0.05, 0) is 23.8 Å². The van der Waals surface area contributed by atoms with Crippen molar-refractivity contribution >= 4 is 21.9 Å². The van der Waals surface area contributed by atoms with Gasteiger partial charge in [-0.15, -0.1) is 0 Å². The highest BCUT2D eigenvalue weighted by Crippen LogP contribution is 2.28. The van der Waals surface area contributed by atoms with E-state index in [-0.39, 0.29) is 11.5 Å². The number of hydrogen-bond donors (Lipinski definition) is 1. The lowest BCUT2D eigenvalue weighted by Gasteiger charge is -2.15. The Bertz CT molecular complexity index is 626. The van der Waals surface area contributed by atoms with Gasteiger partial charge in [0.2, 0.25) is 5.88 Å². The second-order valence-corrected chi connectivity index (χ2v) is 5.28. The quantitative estimate of drug-likeness (QED) is 0.925. The van der Waals surface area contributed by atoms with Crippen LogP contribution in [0.4, 0.5) is 0 Å². The van der Waals surface area contributed by atoms with Gasteiger partial charge in [0.25, 0.3) is 0 Å². The molecule has 1 aromatic carbocycles. The average molecular weight is 336 g/mol. The lowest BCUT2D eigenvalue weighted by Crippen LogP contribution is -2.09. The van der Waals surface area contributed by atoms with Crippen LogP contribution in [0.2, 0.25) is 0 Å². The van der Waals surface area contributed by atoms with Gasteiger partial charge in [-0.3, -0.25) is 0 Å². The molecule has 1 unspecified atom stereocenters. The standard InChI is InChI=1S/C15H14BrNO3/c1-9(10-3-5-11(16)6-4-10)14-12(15(18)19)7-8-13(17-14)20-2/h3-9H,1-2H3,(H,18,19). The number of rotatable bonds is 4. The summed E-state index contributed by atoms with van der Waals surface area (Å²) in [4.78, 5) is 15.6. The monoisotopic (exact) mass is 335 g/mol. The Kier molecular flexibility index (Phi) is 4.39. The van der Waals surface area contributed by atoms with Crippen molar-refractivity contribution in [1.82, 2.24) is 4.98 Å². The van der Waals surface area contributed by atoms with E-state index in [2.05, 4.69) is 20.9 Å². The van der Waals surface area contributed by atoms with Crippen molar-refractivity contribution in [3.05, 3.63) is 57.7 Å². The van der Waals surface area contributed by atoms with Crippen LogP contribution in [0.25, 0.3) is 0 Å². The Balaban J connectivity index is 2.48. The van der Waals surface area contributed by atoms with Crippen LogP contribution in [0.1, 0.15) is 34.5 Å². The minimum Gasteiger partial charge on any atom is -0.481 e. The number of halogens is 1. The number of aromatic carboxylic acids is 1. The first-order valence-electron chi connectivity index (χ1n) is 6.06. The number of methoxy groups -OCH3 is 1. The summed E-state index contributed by atoms with van der Waals surface area (Å²) in [6.45, 7) is 1.93. The van der Waals surface area contributed by atoms with E-state index in [1.165, 1.54) is 13.2 Å². The fourth-order valence-corrected chi connectivity index (χ4v) is 2.25. The minimum absolute atomic E-state index is 0.135. The van der Waals surface area contributed by atoms with E-state index >= 15 is 0 Å². The van der Waals surface area contributed by atoms with E-state index in [0.717, 1.165) is 10.0 Å². The van der Waals surface area contributed by atoms with Gasteiger partial charge in [0.15, 0.2) is 0 Å². The molecule has 0 spiro atoms. The summed E-state index contributed by atoms with van der Waals surface area (Å²) in [6.07, 6.45) is 0. The van der Waals surface area contributed by atoms with Gasteiger partial charge in [0.05, 0.1) is 18.4 Å². The third-order valence-electron chi connectivity index (χ3n) is 3.12. The van der Waals surface area contributed by atoms with E-state index in [1.54, 1.807) is 6.07 Å². The van der Waals surface area contributed by atoms with Crippen molar-refractivity contribution in [2.75, 3.05) is 7.11 Å². The summed E-state index contributed by atoms with van der Waals surface area (Å²) in [5.41, 5.74) is 1.69. The first-order valence-corrected chi connectivity index (χ1v) is 6.86. The zero-order valence-corrected chi connectivity index (χ0v) is 12.7. The molecule has 20 heavy (non-hydrogen) atoms. The molecule has 1 atom stereocenters. The Morgan fingerprint density at radius 1 is 1.25 bits per heavy atom. The van der Waals surface area contributed by atoms with E-state index < -0.39 is 5.97 Å². The van der Waals surface area contributed by atoms with Crippen molar-refractivity contribution in [3.63, 3.8) is 0 Å². The van der Waals surface area contributed by atoms with Crippen LogP contribution in [0.5, 0.6) is 5.88 Å². The van der Waals surface area contributed by atoms with Gasteiger partial charge in [0, 0.05) is 16.5 Å². The van der Waals surface area contributed by atoms with E-state index in [9.17, 15) is 9.90 Å². The van der Waals surface area contributed by atoms with Crippen LogP contribution in [0.15, 0.2) is 40.9 Å². The maximum Gasteiger partial charge on any atom is 0.337 e. The topological polar surface area (TPSA) is 59.4 Å². The summed E-state index contributed by atoms with van der Waals surface area (Å²) in [6, 6.07) is 10.8. The van der Waals surface area contributed by atoms with Crippen molar-refractivity contribution in [2.24, 2.45) is 0 Å². The molecule has 0 radical (unpaired) electrons. The zero-order valence-electron chi connectivity index (χ0n) is 11.1. The number of ether oxygens (including phenoxy) is 1. The number of pyridine rings is 1. The second kappa shape index (κ2) is 6.05. The molecule has 1 heterocycles. The summed E-state index contributed by atoms with van der Waals surface area (Å²) in [5.74, 6) is -0.711. The third-order valence-corrected chi connectivity index (χ3v) is 3.65. The molecule has 1 N–H and O–H groups in total. The molecule has 2 aromatic rings. The second-order valence-electron chi connectivity index (χ2n) is 4.36. The molecule has 0 aliphatic heterocycles. The molecule has 0 aliphatic rings. The Morgan fingerprint density at radius 2 is 1.90 bits per heavy atom. The summed E-state index contributed by atoms with van der Waals surface area (Å²) < 4.78 is 6.06. The van der Waals surface area contributed by atoms with Crippen molar-refractivity contribution in [3.8, 4) is 5.88 Å². The molecule has 0 saturated heterocycles. The maximum absolute atomic E-state index is 11.3. The van der Waals surface area contributed by atoms with Gasteiger partial charge in [-0.25, -0.2) is 9.78 Å². The number of nitrogens with zero attached hydrogens (tertiary/aromatic N) is 1. The van der Waals surface area contributed by atoms with Crippen LogP contribution >= 0.6 is 15.9 Å². The van der Waals surface area contributed by atoms with Gasteiger partial charge < -0.3 is 9.84 Å². The number of carboxylic acids is 1. The molecular weight excluding hydrogens is 322 g/mol. The van der Waals surface area contributed by atoms with E-state index in [4.69, 9.17) is 4.74 Å². The van der Waals surface area contributed by atoms with Gasteiger partial charge >= 0.3 is 5.97 Å². The summed E-state index contributed by atoms with van der Waals surface area (Å²) >= 11 is 3.38. The van der Waals surface area contributed by atoms with Crippen molar-refractivity contribution < 1.29 is 14.6 Å². The van der Waals surface area contributed by atoms with Crippen LogP contribution < -0.4 is 4.74 Å². The Morgan fingerprint density at radius 3 is 2.45 bits per heavy atom. The number of hydrogen-bond acceptors (Lipinski definition) is 3. The van der Waals surface area contributed by atoms with Crippen LogP contribution in [-0.2, 0) is 0 Å². The first-order chi connectivity index (χ1) is 9.52.